The molecule has 0 saturated carbocycles. The van der Waals surface area contributed by atoms with Crippen LogP contribution >= 0.6 is 11.6 Å². The number of aromatic nitrogens is 2. The first-order valence-electron chi connectivity index (χ1n) is 6.05. The van der Waals surface area contributed by atoms with Crippen LogP contribution in [0.2, 0.25) is 5.02 Å². The number of hydrogen-bond acceptors (Lipinski definition) is 5. The van der Waals surface area contributed by atoms with Crippen molar-refractivity contribution in [3.8, 4) is 11.4 Å². The summed E-state index contributed by atoms with van der Waals surface area (Å²) in [6, 6.07) is 8.53. The first-order valence-corrected chi connectivity index (χ1v) is 6.42. The zero-order chi connectivity index (χ0) is 14.1. The van der Waals surface area contributed by atoms with Gasteiger partial charge in [0.15, 0.2) is 0 Å². The van der Waals surface area contributed by atoms with E-state index < -0.39 is 6.04 Å². The monoisotopic (exact) mass is 289 g/mol. The first kappa shape index (κ1) is 12.9. The molecule has 102 valence electrons. The van der Waals surface area contributed by atoms with Crippen LogP contribution < -0.4 is 5.73 Å². The maximum absolute atomic E-state index is 6.12. The van der Waals surface area contributed by atoms with Crippen molar-refractivity contribution in [2.45, 2.75) is 13.0 Å². The highest BCUT2D eigenvalue weighted by Crippen LogP contribution is 2.27. The van der Waals surface area contributed by atoms with E-state index in [2.05, 4.69) is 10.1 Å². The third kappa shape index (κ3) is 2.21. The lowest BCUT2D eigenvalue weighted by atomic mass is 10.1. The maximum atomic E-state index is 6.12. The predicted octanol–water partition coefficient (Wildman–Crippen LogP) is 3.34. The lowest BCUT2D eigenvalue weighted by Gasteiger charge is -2.08. The van der Waals surface area contributed by atoms with Gasteiger partial charge in [0, 0.05) is 5.02 Å². The number of nitrogens with two attached hydrogens (primary N) is 1. The Balaban J connectivity index is 1.95. The Bertz CT molecular complexity index is 735. The van der Waals surface area contributed by atoms with E-state index in [9.17, 15) is 0 Å². The molecule has 20 heavy (non-hydrogen) atoms. The van der Waals surface area contributed by atoms with Crippen LogP contribution in [0.3, 0.4) is 0 Å². The minimum atomic E-state index is -0.558. The van der Waals surface area contributed by atoms with Crippen molar-refractivity contribution in [1.82, 2.24) is 10.1 Å². The fraction of sp³-hybridized carbons (Fsp3) is 0.143. The van der Waals surface area contributed by atoms with Crippen molar-refractivity contribution in [2.24, 2.45) is 5.73 Å². The van der Waals surface area contributed by atoms with E-state index in [0.29, 0.717) is 16.7 Å². The molecule has 0 aliphatic carbocycles. The van der Waals surface area contributed by atoms with Gasteiger partial charge >= 0.3 is 0 Å². The highest BCUT2D eigenvalue weighted by atomic mass is 35.5. The highest BCUT2D eigenvalue weighted by molar-refractivity contribution is 6.31. The minimum Gasteiger partial charge on any atom is -0.469 e. The molecule has 0 saturated heterocycles. The van der Waals surface area contributed by atoms with E-state index in [1.807, 2.05) is 25.1 Å². The Labute approximate surface area is 120 Å². The molecule has 0 bridgehead atoms. The molecule has 6 heteroatoms. The van der Waals surface area contributed by atoms with Gasteiger partial charge in [0.2, 0.25) is 11.7 Å². The second-order valence-corrected chi connectivity index (χ2v) is 4.75. The molecule has 1 atom stereocenters. The topological polar surface area (TPSA) is 78.1 Å². The van der Waals surface area contributed by atoms with Crippen molar-refractivity contribution in [1.29, 1.82) is 0 Å². The Morgan fingerprint density at radius 2 is 2.05 bits per heavy atom. The van der Waals surface area contributed by atoms with Gasteiger partial charge in [-0.25, -0.2) is 0 Å². The summed E-state index contributed by atoms with van der Waals surface area (Å²) >= 11 is 6.12. The zero-order valence-corrected chi connectivity index (χ0v) is 11.5. The van der Waals surface area contributed by atoms with Gasteiger partial charge in [0.05, 0.1) is 11.8 Å². The molecular weight excluding hydrogens is 278 g/mol. The molecule has 0 radical (unpaired) electrons. The van der Waals surface area contributed by atoms with Gasteiger partial charge in [0.1, 0.15) is 11.8 Å². The van der Waals surface area contributed by atoms with E-state index >= 15 is 0 Å². The third-order valence-electron chi connectivity index (χ3n) is 3.05. The molecule has 3 rings (SSSR count). The Kier molecular flexibility index (Phi) is 3.30. The SMILES string of the molecule is Cc1occc1-c1noc([C@H](N)c2ccccc2Cl)n1. The van der Waals surface area contributed by atoms with Crippen LogP contribution in [-0.2, 0) is 0 Å². The van der Waals surface area contributed by atoms with Gasteiger partial charge in [-0.2, -0.15) is 4.98 Å². The van der Waals surface area contributed by atoms with E-state index in [-0.39, 0.29) is 0 Å². The van der Waals surface area contributed by atoms with Crippen LogP contribution in [0.1, 0.15) is 23.3 Å². The van der Waals surface area contributed by atoms with Gasteiger partial charge in [-0.3, -0.25) is 0 Å². The average molecular weight is 290 g/mol. The van der Waals surface area contributed by atoms with Crippen molar-refractivity contribution < 1.29 is 8.94 Å². The maximum Gasteiger partial charge on any atom is 0.248 e. The number of halogens is 1. The summed E-state index contributed by atoms with van der Waals surface area (Å²) in [5.41, 5.74) is 7.65. The molecule has 0 unspecified atom stereocenters. The standard InChI is InChI=1S/C14H12ClN3O2/c1-8-9(6-7-19-8)13-17-14(20-18-13)12(16)10-4-2-3-5-11(10)15/h2-7,12H,16H2,1H3/t12-/m1/s1. The smallest absolute Gasteiger partial charge is 0.248 e. The number of aryl methyl sites for hydroxylation is 1. The number of benzene rings is 1. The molecule has 0 fully saturated rings. The van der Waals surface area contributed by atoms with Crippen LogP contribution in [0.25, 0.3) is 11.4 Å². The molecule has 0 spiro atoms. The van der Waals surface area contributed by atoms with Gasteiger partial charge in [-0.15, -0.1) is 0 Å². The lowest BCUT2D eigenvalue weighted by molar-refractivity contribution is 0.367. The number of rotatable bonds is 3. The van der Waals surface area contributed by atoms with Crippen molar-refractivity contribution in [2.75, 3.05) is 0 Å². The van der Waals surface area contributed by atoms with Crippen LogP contribution in [-0.4, -0.2) is 10.1 Å². The van der Waals surface area contributed by atoms with Crippen LogP contribution in [0.4, 0.5) is 0 Å². The second-order valence-electron chi connectivity index (χ2n) is 4.35. The molecule has 5 nitrogen and oxygen atoms in total. The lowest BCUT2D eigenvalue weighted by Crippen LogP contribution is -2.12. The van der Waals surface area contributed by atoms with Crippen LogP contribution in [0.5, 0.6) is 0 Å². The van der Waals surface area contributed by atoms with Crippen LogP contribution in [0, 0.1) is 6.92 Å². The summed E-state index contributed by atoms with van der Waals surface area (Å²) in [6.45, 7) is 1.83. The van der Waals surface area contributed by atoms with E-state index in [0.717, 1.165) is 16.9 Å². The Morgan fingerprint density at radius 1 is 1.25 bits per heavy atom. The van der Waals surface area contributed by atoms with E-state index in [1.165, 1.54) is 0 Å². The highest BCUT2D eigenvalue weighted by Gasteiger charge is 2.20. The van der Waals surface area contributed by atoms with Crippen molar-refractivity contribution >= 4 is 11.6 Å². The summed E-state index contributed by atoms with van der Waals surface area (Å²) < 4.78 is 10.4. The Morgan fingerprint density at radius 3 is 2.75 bits per heavy atom. The predicted molar refractivity (Wildman–Crippen MR) is 74.2 cm³/mol. The summed E-state index contributed by atoms with van der Waals surface area (Å²) in [6.07, 6.45) is 1.58. The Hall–Kier alpha value is -2.11. The van der Waals surface area contributed by atoms with Gasteiger partial charge in [-0.05, 0) is 24.6 Å². The zero-order valence-electron chi connectivity index (χ0n) is 10.7. The first-order chi connectivity index (χ1) is 9.66. The minimum absolute atomic E-state index is 0.314. The summed E-state index contributed by atoms with van der Waals surface area (Å²) in [7, 11) is 0. The van der Waals surface area contributed by atoms with Crippen molar-refractivity contribution in [3.63, 3.8) is 0 Å². The average Bonchev–Trinajstić information content (AvgIpc) is 3.07. The van der Waals surface area contributed by atoms with E-state index in [4.69, 9.17) is 26.3 Å². The molecular formula is C14H12ClN3O2. The fourth-order valence-electron chi connectivity index (χ4n) is 1.95. The largest absolute Gasteiger partial charge is 0.469 e. The van der Waals surface area contributed by atoms with Crippen LogP contribution in [0.15, 0.2) is 45.5 Å². The second kappa shape index (κ2) is 5.11. The molecule has 0 aliphatic heterocycles. The normalized spacial score (nSPS) is 12.6. The molecule has 0 amide bonds. The third-order valence-corrected chi connectivity index (χ3v) is 3.39. The fourth-order valence-corrected chi connectivity index (χ4v) is 2.20. The van der Waals surface area contributed by atoms with Gasteiger partial charge in [0.25, 0.3) is 0 Å². The molecule has 1 aromatic carbocycles. The number of furan rings is 1. The molecule has 0 aliphatic rings. The van der Waals surface area contributed by atoms with Gasteiger partial charge < -0.3 is 14.7 Å². The summed E-state index contributed by atoms with van der Waals surface area (Å²) in [5.74, 6) is 1.49. The summed E-state index contributed by atoms with van der Waals surface area (Å²) in [5, 5.41) is 4.50. The van der Waals surface area contributed by atoms with Crippen molar-refractivity contribution in [3.05, 3.63) is 58.8 Å². The number of hydrogen-bond donors (Lipinski definition) is 1. The summed E-state index contributed by atoms with van der Waals surface area (Å²) in [4.78, 5) is 4.31. The molecule has 2 N–H and O–H groups in total. The van der Waals surface area contributed by atoms with E-state index in [1.54, 1.807) is 18.4 Å². The van der Waals surface area contributed by atoms with Gasteiger partial charge in [-0.1, -0.05) is 35.0 Å². The number of nitrogens with zero attached hydrogens (tertiary/aromatic N) is 2. The molecule has 2 heterocycles. The molecule has 3 aromatic rings. The quantitative estimate of drug-likeness (QED) is 0.800. The molecule has 2 aromatic heterocycles.